The third-order valence-corrected chi connectivity index (χ3v) is 6.59. The van der Waals surface area contributed by atoms with Crippen LogP contribution in [-0.2, 0) is 14.6 Å². The number of urea groups is 1. The molecule has 160 valence electrons. The lowest BCUT2D eigenvalue weighted by molar-refractivity contribution is -0.126. The van der Waals surface area contributed by atoms with E-state index in [1.54, 1.807) is 18.2 Å². The third kappa shape index (κ3) is 5.60. The Balaban J connectivity index is 1.80. The molecule has 0 heterocycles. The lowest BCUT2D eigenvalue weighted by atomic mass is 9.85. The molecule has 7 nitrogen and oxygen atoms in total. The predicted molar refractivity (Wildman–Crippen MR) is 114 cm³/mol. The van der Waals surface area contributed by atoms with Crippen LogP contribution in [0.15, 0.2) is 59.5 Å². The maximum atomic E-state index is 13.0. The number of amides is 3. The lowest BCUT2D eigenvalue weighted by Gasteiger charge is -2.29. The molecule has 1 unspecified atom stereocenters. The Morgan fingerprint density at radius 1 is 0.967 bits per heavy atom. The fourth-order valence-electron chi connectivity index (χ4n) is 3.89. The van der Waals surface area contributed by atoms with Gasteiger partial charge >= 0.3 is 6.03 Å². The molecule has 2 aromatic carbocycles. The number of rotatable bonds is 6. The summed E-state index contributed by atoms with van der Waals surface area (Å²) in [4.78, 5) is 24.3. The van der Waals surface area contributed by atoms with Gasteiger partial charge in [0.1, 0.15) is 0 Å². The first-order valence-corrected chi connectivity index (χ1v) is 11.8. The molecule has 1 fully saturated rings. The Hall–Kier alpha value is -2.87. The highest BCUT2D eigenvalue weighted by Gasteiger charge is 2.29. The molecule has 3 amide bonds. The zero-order chi connectivity index (χ0) is 21.7. The van der Waals surface area contributed by atoms with E-state index < -0.39 is 21.9 Å². The SMILES string of the molecule is CS(=O)(=O)c1cccc(C(NC(=O)C2CCC(NC(N)=O)CC2)c2ccccc2)c1. The molecule has 2 aromatic rings. The van der Waals surface area contributed by atoms with E-state index in [1.807, 2.05) is 36.4 Å². The maximum Gasteiger partial charge on any atom is 0.312 e. The Labute approximate surface area is 177 Å². The van der Waals surface area contributed by atoms with E-state index in [0.29, 0.717) is 31.2 Å². The van der Waals surface area contributed by atoms with Crippen LogP contribution < -0.4 is 16.4 Å². The number of carbonyl (C=O) groups excluding carboxylic acids is 2. The number of primary amides is 1. The minimum atomic E-state index is -3.36. The average Bonchev–Trinajstić information content (AvgIpc) is 2.72. The van der Waals surface area contributed by atoms with Crippen molar-refractivity contribution in [3.63, 3.8) is 0 Å². The molecular weight excluding hydrogens is 402 g/mol. The van der Waals surface area contributed by atoms with Crippen molar-refractivity contribution in [2.45, 2.75) is 42.7 Å². The second kappa shape index (κ2) is 9.30. The summed E-state index contributed by atoms with van der Waals surface area (Å²) in [5.74, 6) is -0.244. The minimum Gasteiger partial charge on any atom is -0.352 e. The van der Waals surface area contributed by atoms with E-state index in [2.05, 4.69) is 10.6 Å². The first-order valence-electron chi connectivity index (χ1n) is 9.95. The van der Waals surface area contributed by atoms with Crippen LogP contribution in [0.25, 0.3) is 0 Å². The van der Waals surface area contributed by atoms with Crippen LogP contribution in [0.4, 0.5) is 4.79 Å². The summed E-state index contributed by atoms with van der Waals surface area (Å²) in [6.45, 7) is 0. The molecule has 1 saturated carbocycles. The van der Waals surface area contributed by atoms with Crippen LogP contribution in [-0.4, -0.2) is 32.7 Å². The molecule has 3 rings (SSSR count). The molecule has 0 saturated heterocycles. The number of carbonyl (C=O) groups is 2. The molecule has 0 aromatic heterocycles. The first-order chi connectivity index (χ1) is 14.2. The average molecular weight is 430 g/mol. The number of hydrogen-bond donors (Lipinski definition) is 3. The molecule has 1 aliphatic rings. The van der Waals surface area contributed by atoms with Gasteiger partial charge in [-0.2, -0.15) is 0 Å². The molecule has 0 aliphatic heterocycles. The van der Waals surface area contributed by atoms with Crippen molar-refractivity contribution in [2.24, 2.45) is 11.7 Å². The fourth-order valence-corrected chi connectivity index (χ4v) is 4.57. The van der Waals surface area contributed by atoms with Crippen LogP contribution in [0.1, 0.15) is 42.9 Å². The number of benzene rings is 2. The van der Waals surface area contributed by atoms with Gasteiger partial charge < -0.3 is 16.4 Å². The van der Waals surface area contributed by atoms with Crippen LogP contribution in [0.2, 0.25) is 0 Å². The van der Waals surface area contributed by atoms with Crippen molar-refractivity contribution in [1.82, 2.24) is 10.6 Å². The smallest absolute Gasteiger partial charge is 0.312 e. The number of hydrogen-bond acceptors (Lipinski definition) is 4. The monoisotopic (exact) mass is 429 g/mol. The standard InChI is InChI=1S/C22H27N3O4S/c1-30(28,29)19-9-5-8-17(14-19)20(15-6-3-2-4-7-15)25-21(26)16-10-12-18(13-11-16)24-22(23)27/h2-9,14,16,18,20H,10-13H2,1H3,(H,25,26)(H3,23,24,27). The van der Waals surface area contributed by atoms with Gasteiger partial charge in [-0.1, -0.05) is 42.5 Å². The number of nitrogens with two attached hydrogens (primary N) is 1. The minimum absolute atomic E-state index is 0.00270. The Bertz CT molecular complexity index is 1000. The van der Waals surface area contributed by atoms with E-state index in [9.17, 15) is 18.0 Å². The number of nitrogens with one attached hydrogen (secondary N) is 2. The number of sulfone groups is 1. The van der Waals surface area contributed by atoms with Gasteiger partial charge in [0, 0.05) is 18.2 Å². The predicted octanol–water partition coefficient (Wildman–Crippen LogP) is 2.52. The molecule has 0 bridgehead atoms. The highest BCUT2D eigenvalue weighted by Crippen LogP contribution is 2.28. The van der Waals surface area contributed by atoms with Gasteiger partial charge in [0.15, 0.2) is 9.84 Å². The quantitative estimate of drug-likeness (QED) is 0.654. The van der Waals surface area contributed by atoms with E-state index in [0.717, 1.165) is 5.56 Å². The molecule has 1 atom stereocenters. The zero-order valence-electron chi connectivity index (χ0n) is 16.9. The van der Waals surface area contributed by atoms with Gasteiger partial charge in [0.25, 0.3) is 0 Å². The van der Waals surface area contributed by atoms with Crippen LogP contribution in [0.3, 0.4) is 0 Å². The Morgan fingerprint density at radius 2 is 1.60 bits per heavy atom. The normalized spacial score (nSPS) is 20.2. The van der Waals surface area contributed by atoms with Gasteiger partial charge in [0.05, 0.1) is 10.9 Å². The highest BCUT2D eigenvalue weighted by molar-refractivity contribution is 7.90. The topological polar surface area (TPSA) is 118 Å². The van der Waals surface area contributed by atoms with Crippen molar-refractivity contribution >= 4 is 21.8 Å². The summed E-state index contributed by atoms with van der Waals surface area (Å²) in [5, 5.41) is 5.81. The largest absolute Gasteiger partial charge is 0.352 e. The van der Waals surface area contributed by atoms with E-state index in [1.165, 1.54) is 6.26 Å². The highest BCUT2D eigenvalue weighted by atomic mass is 32.2. The summed E-state index contributed by atoms with van der Waals surface area (Å²) in [7, 11) is -3.36. The summed E-state index contributed by atoms with van der Waals surface area (Å²) in [6, 6.07) is 15.2. The van der Waals surface area contributed by atoms with Gasteiger partial charge in [-0.25, -0.2) is 13.2 Å². The van der Waals surface area contributed by atoms with E-state index >= 15 is 0 Å². The van der Waals surface area contributed by atoms with Crippen molar-refractivity contribution in [2.75, 3.05) is 6.26 Å². The molecule has 0 radical (unpaired) electrons. The zero-order valence-corrected chi connectivity index (χ0v) is 17.7. The summed E-state index contributed by atoms with van der Waals surface area (Å²) >= 11 is 0. The molecular formula is C22H27N3O4S. The van der Waals surface area contributed by atoms with Crippen molar-refractivity contribution in [3.8, 4) is 0 Å². The van der Waals surface area contributed by atoms with Crippen LogP contribution in [0.5, 0.6) is 0 Å². The van der Waals surface area contributed by atoms with Crippen molar-refractivity contribution in [1.29, 1.82) is 0 Å². The molecule has 4 N–H and O–H groups in total. The molecule has 30 heavy (non-hydrogen) atoms. The molecule has 1 aliphatic carbocycles. The van der Waals surface area contributed by atoms with Crippen molar-refractivity contribution in [3.05, 3.63) is 65.7 Å². The summed E-state index contributed by atoms with van der Waals surface area (Å²) < 4.78 is 24.0. The molecule has 0 spiro atoms. The Kier molecular flexibility index (Phi) is 6.77. The van der Waals surface area contributed by atoms with Crippen LogP contribution >= 0.6 is 0 Å². The lowest BCUT2D eigenvalue weighted by Crippen LogP contribution is -2.43. The summed E-state index contributed by atoms with van der Waals surface area (Å²) in [5.41, 5.74) is 6.77. The van der Waals surface area contributed by atoms with Crippen LogP contribution in [0, 0.1) is 5.92 Å². The van der Waals surface area contributed by atoms with Gasteiger partial charge in [-0.3, -0.25) is 4.79 Å². The second-order valence-electron chi connectivity index (χ2n) is 7.75. The van der Waals surface area contributed by atoms with E-state index in [4.69, 9.17) is 5.73 Å². The summed E-state index contributed by atoms with van der Waals surface area (Å²) in [6.07, 6.45) is 3.87. The van der Waals surface area contributed by atoms with Gasteiger partial charge in [0.2, 0.25) is 5.91 Å². The third-order valence-electron chi connectivity index (χ3n) is 5.48. The maximum absolute atomic E-state index is 13.0. The van der Waals surface area contributed by atoms with Crippen molar-refractivity contribution < 1.29 is 18.0 Å². The van der Waals surface area contributed by atoms with Gasteiger partial charge in [-0.05, 0) is 48.9 Å². The Morgan fingerprint density at radius 3 is 2.20 bits per heavy atom. The van der Waals surface area contributed by atoms with Gasteiger partial charge in [-0.15, -0.1) is 0 Å². The second-order valence-corrected chi connectivity index (χ2v) is 9.77. The first kappa shape index (κ1) is 21.8. The van der Waals surface area contributed by atoms with E-state index in [-0.39, 0.29) is 22.8 Å². The fraction of sp³-hybridized carbons (Fsp3) is 0.364. The molecule has 8 heteroatoms.